The van der Waals surface area contributed by atoms with Crippen molar-refractivity contribution in [2.75, 3.05) is 7.11 Å². The number of nitrogens with one attached hydrogen (secondary N) is 1. The molecule has 0 heterocycles. The van der Waals surface area contributed by atoms with Gasteiger partial charge in [-0.05, 0) is 19.4 Å². The first-order valence-corrected chi connectivity index (χ1v) is 5.00. The third kappa shape index (κ3) is 3.72. The van der Waals surface area contributed by atoms with Crippen LogP contribution >= 0.6 is 0 Å². The summed E-state index contributed by atoms with van der Waals surface area (Å²) in [5.41, 5.74) is 2.40. The third-order valence-corrected chi connectivity index (χ3v) is 2.29. The van der Waals surface area contributed by atoms with E-state index in [4.69, 9.17) is 0 Å². The van der Waals surface area contributed by atoms with E-state index in [0.29, 0.717) is 6.54 Å². The van der Waals surface area contributed by atoms with Crippen LogP contribution in [0, 0.1) is 6.92 Å². The lowest BCUT2D eigenvalue weighted by Crippen LogP contribution is -2.34. The number of benzene rings is 1. The van der Waals surface area contributed by atoms with Gasteiger partial charge >= 0.3 is 5.97 Å². The Bertz CT molecular complexity index is 319. The molecule has 0 saturated carbocycles. The normalized spacial score (nSPS) is 12.2. The van der Waals surface area contributed by atoms with Gasteiger partial charge in [0.1, 0.15) is 6.04 Å². The standard InChI is InChI=1S/C12H17NO2/c1-9-4-6-11(7-5-9)8-13-10(2)12(14)15-3/h4-7,10,13H,8H2,1-3H3/t10-/m0/s1. The zero-order valence-corrected chi connectivity index (χ0v) is 9.41. The highest BCUT2D eigenvalue weighted by Gasteiger charge is 2.11. The van der Waals surface area contributed by atoms with Crippen molar-refractivity contribution in [1.82, 2.24) is 5.32 Å². The highest BCUT2D eigenvalue weighted by molar-refractivity contribution is 5.75. The summed E-state index contributed by atoms with van der Waals surface area (Å²) in [6.45, 7) is 4.52. The predicted molar refractivity (Wildman–Crippen MR) is 59.5 cm³/mol. The number of aryl methyl sites for hydroxylation is 1. The van der Waals surface area contributed by atoms with Crippen LogP contribution in [-0.2, 0) is 16.1 Å². The molecule has 0 amide bonds. The van der Waals surface area contributed by atoms with Crippen LogP contribution in [-0.4, -0.2) is 19.1 Å². The van der Waals surface area contributed by atoms with Crippen LogP contribution in [0.15, 0.2) is 24.3 Å². The van der Waals surface area contributed by atoms with Crippen molar-refractivity contribution < 1.29 is 9.53 Å². The molecule has 0 spiro atoms. The average Bonchev–Trinajstić information content (AvgIpc) is 2.26. The van der Waals surface area contributed by atoms with Crippen molar-refractivity contribution in [2.45, 2.75) is 26.4 Å². The van der Waals surface area contributed by atoms with Crippen LogP contribution in [0.25, 0.3) is 0 Å². The Labute approximate surface area is 90.4 Å². The largest absolute Gasteiger partial charge is 0.468 e. The van der Waals surface area contributed by atoms with Gasteiger partial charge in [-0.25, -0.2) is 0 Å². The number of esters is 1. The van der Waals surface area contributed by atoms with E-state index >= 15 is 0 Å². The van der Waals surface area contributed by atoms with Gasteiger partial charge in [0.2, 0.25) is 0 Å². The summed E-state index contributed by atoms with van der Waals surface area (Å²) in [6.07, 6.45) is 0. The fourth-order valence-electron chi connectivity index (χ4n) is 1.24. The molecule has 0 aliphatic heterocycles. The molecule has 0 saturated heterocycles. The molecule has 82 valence electrons. The minimum atomic E-state index is -0.267. The van der Waals surface area contributed by atoms with Crippen LogP contribution in [0.1, 0.15) is 18.1 Å². The maximum Gasteiger partial charge on any atom is 0.322 e. The average molecular weight is 207 g/mol. The molecule has 1 rings (SSSR count). The fourth-order valence-corrected chi connectivity index (χ4v) is 1.24. The summed E-state index contributed by atoms with van der Waals surface area (Å²) in [4.78, 5) is 11.1. The molecule has 0 bridgehead atoms. The van der Waals surface area contributed by atoms with E-state index in [1.165, 1.54) is 12.7 Å². The molecule has 0 fully saturated rings. The first kappa shape index (κ1) is 11.7. The van der Waals surface area contributed by atoms with Gasteiger partial charge in [-0.15, -0.1) is 0 Å². The molecular formula is C12H17NO2. The highest BCUT2D eigenvalue weighted by atomic mass is 16.5. The summed E-state index contributed by atoms with van der Waals surface area (Å²) >= 11 is 0. The molecule has 0 radical (unpaired) electrons. The Balaban J connectivity index is 2.43. The molecule has 1 aromatic carbocycles. The summed E-state index contributed by atoms with van der Waals surface area (Å²) in [6, 6.07) is 7.94. The maximum absolute atomic E-state index is 11.1. The monoisotopic (exact) mass is 207 g/mol. The van der Waals surface area contributed by atoms with E-state index in [9.17, 15) is 4.79 Å². The Morgan fingerprint density at radius 2 is 2.00 bits per heavy atom. The van der Waals surface area contributed by atoms with Gasteiger partial charge in [0, 0.05) is 6.54 Å². The van der Waals surface area contributed by atoms with Crippen LogP contribution in [0.2, 0.25) is 0 Å². The van der Waals surface area contributed by atoms with Crippen molar-refractivity contribution >= 4 is 5.97 Å². The molecule has 0 aliphatic carbocycles. The summed E-state index contributed by atoms with van der Waals surface area (Å²) in [7, 11) is 1.40. The third-order valence-electron chi connectivity index (χ3n) is 2.29. The van der Waals surface area contributed by atoms with E-state index in [1.54, 1.807) is 6.92 Å². The smallest absolute Gasteiger partial charge is 0.322 e. The Morgan fingerprint density at radius 3 is 2.53 bits per heavy atom. The lowest BCUT2D eigenvalue weighted by atomic mass is 10.1. The summed E-state index contributed by atoms with van der Waals surface area (Å²) in [5, 5.41) is 3.09. The van der Waals surface area contributed by atoms with Crippen LogP contribution in [0.4, 0.5) is 0 Å². The van der Waals surface area contributed by atoms with E-state index < -0.39 is 0 Å². The van der Waals surface area contributed by atoms with Crippen molar-refractivity contribution in [3.63, 3.8) is 0 Å². The van der Waals surface area contributed by atoms with Crippen molar-refractivity contribution in [3.05, 3.63) is 35.4 Å². The van der Waals surface area contributed by atoms with Gasteiger partial charge in [0.05, 0.1) is 7.11 Å². The minimum Gasteiger partial charge on any atom is -0.468 e. The highest BCUT2D eigenvalue weighted by Crippen LogP contribution is 2.03. The molecule has 0 unspecified atom stereocenters. The molecule has 1 atom stereocenters. The second-order valence-corrected chi connectivity index (χ2v) is 3.61. The Hall–Kier alpha value is -1.35. The lowest BCUT2D eigenvalue weighted by molar-refractivity contribution is -0.142. The Kier molecular flexibility index (Phi) is 4.31. The van der Waals surface area contributed by atoms with Gasteiger partial charge in [0.15, 0.2) is 0 Å². The van der Waals surface area contributed by atoms with Crippen molar-refractivity contribution in [1.29, 1.82) is 0 Å². The van der Waals surface area contributed by atoms with E-state index in [2.05, 4.69) is 22.2 Å². The predicted octanol–water partition coefficient (Wildman–Crippen LogP) is 1.65. The first-order valence-electron chi connectivity index (χ1n) is 5.00. The maximum atomic E-state index is 11.1. The molecule has 3 heteroatoms. The second-order valence-electron chi connectivity index (χ2n) is 3.61. The molecule has 15 heavy (non-hydrogen) atoms. The number of carbonyl (C=O) groups excluding carboxylic acids is 1. The van der Waals surface area contributed by atoms with Gasteiger partial charge in [0.25, 0.3) is 0 Å². The van der Waals surface area contributed by atoms with Crippen molar-refractivity contribution in [3.8, 4) is 0 Å². The summed E-state index contributed by atoms with van der Waals surface area (Å²) in [5.74, 6) is -0.234. The molecule has 1 N–H and O–H groups in total. The van der Waals surface area contributed by atoms with Crippen LogP contribution in [0.5, 0.6) is 0 Å². The molecule has 0 aliphatic rings. The van der Waals surface area contributed by atoms with Gasteiger partial charge in [-0.1, -0.05) is 29.8 Å². The van der Waals surface area contributed by atoms with Gasteiger partial charge in [-0.2, -0.15) is 0 Å². The number of hydrogen-bond acceptors (Lipinski definition) is 3. The van der Waals surface area contributed by atoms with Gasteiger partial charge < -0.3 is 10.1 Å². The topological polar surface area (TPSA) is 38.3 Å². The first-order chi connectivity index (χ1) is 7.13. The minimum absolute atomic E-state index is 0.234. The fraction of sp³-hybridized carbons (Fsp3) is 0.417. The number of carbonyl (C=O) groups is 1. The van der Waals surface area contributed by atoms with E-state index in [-0.39, 0.29) is 12.0 Å². The molecule has 0 aromatic heterocycles. The van der Waals surface area contributed by atoms with Crippen LogP contribution in [0.3, 0.4) is 0 Å². The Morgan fingerprint density at radius 1 is 1.40 bits per heavy atom. The van der Waals surface area contributed by atoms with E-state index in [0.717, 1.165) is 5.56 Å². The van der Waals surface area contributed by atoms with Crippen molar-refractivity contribution in [2.24, 2.45) is 0 Å². The zero-order chi connectivity index (χ0) is 11.3. The SMILES string of the molecule is COC(=O)[C@H](C)NCc1ccc(C)cc1. The van der Waals surface area contributed by atoms with Crippen LogP contribution < -0.4 is 5.32 Å². The lowest BCUT2D eigenvalue weighted by Gasteiger charge is -2.11. The number of ether oxygens (including phenoxy) is 1. The molecule has 3 nitrogen and oxygen atoms in total. The second kappa shape index (κ2) is 5.51. The van der Waals surface area contributed by atoms with E-state index in [1.807, 2.05) is 19.1 Å². The number of hydrogen-bond donors (Lipinski definition) is 1. The quantitative estimate of drug-likeness (QED) is 0.763. The van der Waals surface area contributed by atoms with Gasteiger partial charge in [-0.3, -0.25) is 4.79 Å². The molecular weight excluding hydrogens is 190 g/mol. The summed E-state index contributed by atoms with van der Waals surface area (Å²) < 4.78 is 4.62. The number of rotatable bonds is 4. The number of methoxy groups -OCH3 is 1. The zero-order valence-electron chi connectivity index (χ0n) is 9.41. The molecule has 1 aromatic rings.